The average molecular weight is 499 g/mol. The Morgan fingerprint density at radius 2 is 1.85 bits per heavy atom. The van der Waals surface area contributed by atoms with Gasteiger partial charge in [-0.05, 0) is 31.5 Å². The van der Waals surface area contributed by atoms with Crippen molar-refractivity contribution in [2.45, 2.75) is 38.3 Å². The molecule has 2 aromatic carbocycles. The summed E-state index contributed by atoms with van der Waals surface area (Å²) in [6, 6.07) is 12.8. The molecule has 0 amide bonds. The number of esters is 1. The maximum atomic E-state index is 12.7. The lowest BCUT2D eigenvalue weighted by Gasteiger charge is -2.11. The number of benzene rings is 2. The third-order valence-corrected chi connectivity index (χ3v) is 8.07. The lowest BCUT2D eigenvalue weighted by atomic mass is 10.2. The highest BCUT2D eigenvalue weighted by atomic mass is 32.2. The molecular weight excluding hydrogens is 472 g/mol. The number of sulfonamides is 1. The number of fused-ring (bicyclic) bond motifs is 1. The van der Waals surface area contributed by atoms with E-state index in [-0.39, 0.29) is 17.2 Å². The number of aryl methyl sites for hydroxylation is 2. The molecule has 0 bridgehead atoms. The predicted molar refractivity (Wildman–Crippen MR) is 132 cm³/mol. The fourth-order valence-corrected chi connectivity index (χ4v) is 5.23. The first-order valence-electron chi connectivity index (χ1n) is 10.8. The number of rotatable bonds is 8. The van der Waals surface area contributed by atoms with Crippen LogP contribution in [0.3, 0.4) is 0 Å². The number of ether oxygens (including phenoxy) is 1. The zero-order valence-electron chi connectivity index (χ0n) is 19.5. The number of hydrogen-bond donors (Lipinski definition) is 0. The molecule has 4 aromatic rings. The minimum atomic E-state index is -3.58. The van der Waals surface area contributed by atoms with Gasteiger partial charge < -0.3 is 9.30 Å². The zero-order chi connectivity index (χ0) is 24.5. The fraction of sp³-hybridized carbons (Fsp3) is 0.292. The van der Waals surface area contributed by atoms with E-state index in [9.17, 15) is 13.2 Å². The van der Waals surface area contributed by atoms with Crippen molar-refractivity contribution in [3.05, 3.63) is 64.9 Å². The van der Waals surface area contributed by atoms with Crippen LogP contribution in [0.2, 0.25) is 0 Å². The van der Waals surface area contributed by atoms with E-state index in [0.717, 1.165) is 28.1 Å². The maximum Gasteiger partial charge on any atom is 0.358 e. The molecule has 0 aliphatic carbocycles. The first-order chi connectivity index (χ1) is 16.2. The van der Waals surface area contributed by atoms with Crippen LogP contribution in [0.25, 0.3) is 21.6 Å². The summed E-state index contributed by atoms with van der Waals surface area (Å²) in [7, 11) is -0.600. The van der Waals surface area contributed by atoms with E-state index in [0.29, 0.717) is 17.9 Å². The Kier molecular flexibility index (Phi) is 6.83. The summed E-state index contributed by atoms with van der Waals surface area (Å²) in [4.78, 5) is 21.8. The summed E-state index contributed by atoms with van der Waals surface area (Å²) in [6.45, 7) is 4.68. The smallest absolute Gasteiger partial charge is 0.358 e. The molecule has 4 rings (SSSR count). The van der Waals surface area contributed by atoms with Gasteiger partial charge in [0.2, 0.25) is 10.0 Å². The van der Waals surface area contributed by atoms with Crippen LogP contribution >= 0.6 is 11.3 Å². The molecular formula is C24H26N4O4S2. The van der Waals surface area contributed by atoms with Crippen molar-refractivity contribution in [1.82, 2.24) is 18.8 Å². The highest BCUT2D eigenvalue weighted by Crippen LogP contribution is 2.25. The number of carbonyl (C=O) groups excluding carboxylic acids is 1. The molecule has 2 aromatic heterocycles. The summed E-state index contributed by atoms with van der Waals surface area (Å²) in [5.41, 5.74) is 3.68. The van der Waals surface area contributed by atoms with E-state index < -0.39 is 16.0 Å². The monoisotopic (exact) mass is 498 g/mol. The van der Waals surface area contributed by atoms with E-state index in [2.05, 4.69) is 9.97 Å². The van der Waals surface area contributed by atoms with Crippen molar-refractivity contribution in [2.24, 2.45) is 0 Å². The zero-order valence-corrected chi connectivity index (χ0v) is 21.1. The molecule has 0 aliphatic heterocycles. The van der Waals surface area contributed by atoms with Gasteiger partial charge in [0.05, 0.1) is 15.9 Å². The van der Waals surface area contributed by atoms with Gasteiger partial charge in [-0.1, -0.05) is 36.8 Å². The number of thiazole rings is 1. The van der Waals surface area contributed by atoms with Crippen molar-refractivity contribution in [3.8, 4) is 10.6 Å². The van der Waals surface area contributed by atoms with Crippen LogP contribution in [0.15, 0.2) is 52.7 Å². The minimum Gasteiger partial charge on any atom is -0.453 e. The summed E-state index contributed by atoms with van der Waals surface area (Å²) in [5, 5.41) is 2.44. The number of nitrogens with zero attached hydrogens (tertiary/aromatic N) is 4. The molecule has 10 heteroatoms. The van der Waals surface area contributed by atoms with Gasteiger partial charge in [-0.3, -0.25) is 0 Å². The van der Waals surface area contributed by atoms with Gasteiger partial charge in [0.15, 0.2) is 5.69 Å². The number of hydrogen-bond acceptors (Lipinski definition) is 7. The van der Waals surface area contributed by atoms with Crippen molar-refractivity contribution >= 4 is 38.4 Å². The highest BCUT2D eigenvalue weighted by molar-refractivity contribution is 7.89. The molecule has 8 nitrogen and oxygen atoms in total. The summed E-state index contributed by atoms with van der Waals surface area (Å²) < 4.78 is 33.7. The quantitative estimate of drug-likeness (QED) is 0.332. The molecule has 0 aliphatic rings. The normalized spacial score (nSPS) is 11.9. The van der Waals surface area contributed by atoms with E-state index in [1.807, 2.05) is 42.7 Å². The minimum absolute atomic E-state index is 0.0410. The molecule has 178 valence electrons. The number of imidazole rings is 1. The SMILES string of the molecule is CCCn1c(COC(=O)c2csc(-c3ccc(C)cc3)n2)nc2cc(S(=O)(=O)N(C)C)ccc21. The van der Waals surface area contributed by atoms with Crippen LogP contribution in [0.4, 0.5) is 0 Å². The molecule has 2 heterocycles. The second kappa shape index (κ2) is 9.65. The van der Waals surface area contributed by atoms with Crippen LogP contribution in [-0.2, 0) is 27.9 Å². The number of aromatic nitrogens is 3. The molecule has 0 unspecified atom stereocenters. The summed E-state index contributed by atoms with van der Waals surface area (Å²) in [5.74, 6) is 0.0270. The Labute approximate surface area is 202 Å². The second-order valence-corrected chi connectivity index (χ2v) is 11.1. The number of carbonyl (C=O) groups is 1. The first-order valence-corrected chi connectivity index (χ1v) is 13.1. The standard InChI is InChI=1S/C24H26N4O4S2/c1-5-12-28-21-11-10-18(34(30,31)27(3)4)13-19(21)25-22(28)14-32-24(29)20-15-33-23(26-20)17-8-6-16(2)7-9-17/h6-11,13,15H,5,12,14H2,1-4H3. The Morgan fingerprint density at radius 3 is 2.53 bits per heavy atom. The predicted octanol–water partition coefficient (Wildman–Crippen LogP) is 4.49. The van der Waals surface area contributed by atoms with Gasteiger partial charge in [0.25, 0.3) is 0 Å². The molecule has 34 heavy (non-hydrogen) atoms. The lowest BCUT2D eigenvalue weighted by molar-refractivity contribution is 0.0452. The van der Waals surface area contributed by atoms with E-state index >= 15 is 0 Å². The van der Waals surface area contributed by atoms with E-state index in [1.54, 1.807) is 23.6 Å². The van der Waals surface area contributed by atoms with Gasteiger partial charge in [0, 0.05) is 31.6 Å². The van der Waals surface area contributed by atoms with Crippen molar-refractivity contribution in [2.75, 3.05) is 14.1 Å². The average Bonchev–Trinajstić information content (AvgIpc) is 3.43. The van der Waals surface area contributed by atoms with Crippen LogP contribution in [0.1, 0.15) is 35.2 Å². The van der Waals surface area contributed by atoms with Gasteiger partial charge >= 0.3 is 5.97 Å². The van der Waals surface area contributed by atoms with Crippen molar-refractivity contribution in [1.29, 1.82) is 0 Å². The molecule has 0 N–H and O–H groups in total. The summed E-state index contributed by atoms with van der Waals surface area (Å²) in [6.07, 6.45) is 0.843. The van der Waals surface area contributed by atoms with Crippen LogP contribution in [0.5, 0.6) is 0 Å². The lowest BCUT2D eigenvalue weighted by Crippen LogP contribution is -2.22. The highest BCUT2D eigenvalue weighted by Gasteiger charge is 2.21. The molecule has 0 saturated carbocycles. The maximum absolute atomic E-state index is 12.7. The molecule has 0 spiro atoms. The fourth-order valence-electron chi connectivity index (χ4n) is 3.51. The Morgan fingerprint density at radius 1 is 1.12 bits per heavy atom. The van der Waals surface area contributed by atoms with Crippen molar-refractivity contribution in [3.63, 3.8) is 0 Å². The van der Waals surface area contributed by atoms with Gasteiger partial charge in [0.1, 0.15) is 17.4 Å². The second-order valence-electron chi connectivity index (χ2n) is 8.10. The van der Waals surface area contributed by atoms with Gasteiger partial charge in [-0.25, -0.2) is 27.5 Å². The topological polar surface area (TPSA) is 94.4 Å². The van der Waals surface area contributed by atoms with Crippen molar-refractivity contribution < 1.29 is 17.9 Å². The van der Waals surface area contributed by atoms with E-state index in [1.165, 1.54) is 29.7 Å². The largest absolute Gasteiger partial charge is 0.453 e. The Balaban J connectivity index is 1.56. The van der Waals surface area contributed by atoms with Gasteiger partial charge in [-0.2, -0.15) is 0 Å². The molecule has 0 fully saturated rings. The van der Waals surface area contributed by atoms with E-state index in [4.69, 9.17) is 4.74 Å². The van der Waals surface area contributed by atoms with Crippen LogP contribution < -0.4 is 0 Å². The Bertz CT molecular complexity index is 1440. The van der Waals surface area contributed by atoms with Crippen LogP contribution in [0, 0.1) is 6.92 Å². The van der Waals surface area contributed by atoms with Crippen LogP contribution in [-0.4, -0.2) is 47.3 Å². The molecule has 0 atom stereocenters. The summed E-state index contributed by atoms with van der Waals surface area (Å²) >= 11 is 1.39. The molecule has 0 saturated heterocycles. The van der Waals surface area contributed by atoms with Gasteiger partial charge in [-0.15, -0.1) is 11.3 Å². The third-order valence-electron chi connectivity index (χ3n) is 5.37. The molecule has 0 radical (unpaired) electrons. The Hall–Kier alpha value is -3.08. The first kappa shape index (κ1) is 24.1. The third kappa shape index (κ3) is 4.75.